The number of hydrogen-bond donors (Lipinski definition) is 2. The minimum atomic E-state index is 0.233. The Morgan fingerprint density at radius 3 is 2.75 bits per heavy atom. The normalized spacial score (nSPS) is 14.6. The van der Waals surface area contributed by atoms with Crippen LogP contribution >= 0.6 is 0 Å². The predicted molar refractivity (Wildman–Crippen MR) is 82.6 cm³/mol. The molecule has 4 heteroatoms. The van der Waals surface area contributed by atoms with Crippen molar-refractivity contribution in [2.24, 2.45) is 13.0 Å². The van der Waals surface area contributed by atoms with E-state index in [1.807, 2.05) is 12.1 Å². The number of aromatic nitrogens is 2. The first-order valence-corrected chi connectivity index (χ1v) is 7.39. The summed E-state index contributed by atoms with van der Waals surface area (Å²) < 4.78 is 2.16. The first kappa shape index (κ1) is 15.0. The first-order chi connectivity index (χ1) is 9.63. The predicted octanol–water partition coefficient (Wildman–Crippen LogP) is 2.63. The van der Waals surface area contributed by atoms with Crippen LogP contribution in [0.1, 0.15) is 38.6 Å². The molecule has 0 bridgehead atoms. The van der Waals surface area contributed by atoms with E-state index in [1.54, 1.807) is 0 Å². The molecule has 0 aliphatic heterocycles. The molecule has 0 radical (unpaired) electrons. The Labute approximate surface area is 120 Å². The number of nitrogens with zero attached hydrogens (tertiary/aromatic N) is 2. The smallest absolute Gasteiger partial charge is 0.126 e. The molecule has 1 aromatic carbocycles. The minimum absolute atomic E-state index is 0.233. The highest BCUT2D eigenvalue weighted by molar-refractivity contribution is 5.75. The van der Waals surface area contributed by atoms with Gasteiger partial charge in [0.2, 0.25) is 0 Å². The van der Waals surface area contributed by atoms with Crippen LogP contribution in [0.5, 0.6) is 0 Å². The van der Waals surface area contributed by atoms with Gasteiger partial charge in [-0.3, -0.25) is 0 Å². The molecule has 0 amide bonds. The lowest BCUT2D eigenvalue weighted by Crippen LogP contribution is -2.23. The van der Waals surface area contributed by atoms with Gasteiger partial charge >= 0.3 is 0 Å². The summed E-state index contributed by atoms with van der Waals surface area (Å²) >= 11 is 0. The van der Waals surface area contributed by atoms with Gasteiger partial charge in [0.25, 0.3) is 0 Å². The monoisotopic (exact) mass is 275 g/mol. The molecule has 2 N–H and O–H groups in total. The molecule has 2 aromatic rings. The van der Waals surface area contributed by atoms with Crippen molar-refractivity contribution in [2.45, 2.75) is 32.7 Å². The summed E-state index contributed by atoms with van der Waals surface area (Å²) in [4.78, 5) is 4.70. The number of benzene rings is 1. The van der Waals surface area contributed by atoms with Gasteiger partial charge in [0.1, 0.15) is 5.82 Å². The molecule has 0 saturated heterocycles. The number of para-hydroxylation sites is 2. The number of aliphatic hydroxyl groups excluding tert-OH is 1. The zero-order chi connectivity index (χ0) is 14.5. The lowest BCUT2D eigenvalue weighted by molar-refractivity contribution is 0.227. The van der Waals surface area contributed by atoms with Crippen LogP contribution < -0.4 is 5.32 Å². The van der Waals surface area contributed by atoms with Crippen LogP contribution in [0.4, 0.5) is 0 Å². The van der Waals surface area contributed by atoms with Crippen molar-refractivity contribution in [3.05, 3.63) is 30.1 Å². The molecule has 0 aliphatic carbocycles. The highest BCUT2D eigenvalue weighted by Gasteiger charge is 2.13. The number of fused-ring (bicyclic) bond motifs is 1. The van der Waals surface area contributed by atoms with Gasteiger partial charge in [-0.2, -0.15) is 0 Å². The van der Waals surface area contributed by atoms with Crippen LogP contribution in [0.2, 0.25) is 0 Å². The van der Waals surface area contributed by atoms with E-state index in [0.717, 1.165) is 30.7 Å². The van der Waals surface area contributed by atoms with Crippen molar-refractivity contribution in [1.82, 2.24) is 14.9 Å². The van der Waals surface area contributed by atoms with E-state index < -0.39 is 0 Å². The van der Waals surface area contributed by atoms with Crippen molar-refractivity contribution in [2.75, 3.05) is 13.2 Å². The third-order valence-corrected chi connectivity index (χ3v) is 3.84. The fraction of sp³-hybridized carbons (Fsp3) is 0.562. The fourth-order valence-electron chi connectivity index (χ4n) is 2.50. The maximum Gasteiger partial charge on any atom is 0.126 e. The molecule has 2 atom stereocenters. The van der Waals surface area contributed by atoms with Crippen LogP contribution in [-0.4, -0.2) is 27.8 Å². The van der Waals surface area contributed by atoms with Crippen LogP contribution in [0, 0.1) is 5.92 Å². The summed E-state index contributed by atoms with van der Waals surface area (Å²) in [5.74, 6) is 1.46. The van der Waals surface area contributed by atoms with Crippen LogP contribution in [-0.2, 0) is 7.05 Å². The highest BCUT2D eigenvalue weighted by Crippen LogP contribution is 2.19. The van der Waals surface area contributed by atoms with E-state index in [2.05, 4.69) is 42.9 Å². The van der Waals surface area contributed by atoms with E-state index in [1.165, 1.54) is 5.52 Å². The molecule has 2 unspecified atom stereocenters. The number of aliphatic hydroxyl groups is 1. The van der Waals surface area contributed by atoms with Gasteiger partial charge in [-0.15, -0.1) is 0 Å². The SMILES string of the molecule is CC(CO)CCCNC(C)c1nc2ccccc2n1C. The number of nitrogens with one attached hydrogen (secondary N) is 1. The van der Waals surface area contributed by atoms with E-state index in [9.17, 15) is 0 Å². The molecule has 4 nitrogen and oxygen atoms in total. The largest absolute Gasteiger partial charge is 0.396 e. The average Bonchev–Trinajstić information content (AvgIpc) is 2.81. The van der Waals surface area contributed by atoms with Crippen LogP contribution in [0.25, 0.3) is 11.0 Å². The van der Waals surface area contributed by atoms with Crippen molar-refractivity contribution in [1.29, 1.82) is 0 Å². The number of rotatable bonds is 7. The molecule has 20 heavy (non-hydrogen) atoms. The molecular weight excluding hydrogens is 250 g/mol. The Morgan fingerprint density at radius 2 is 2.05 bits per heavy atom. The second kappa shape index (κ2) is 6.86. The lowest BCUT2D eigenvalue weighted by atomic mass is 10.1. The molecule has 110 valence electrons. The van der Waals surface area contributed by atoms with Gasteiger partial charge in [0.05, 0.1) is 17.1 Å². The molecule has 1 heterocycles. The first-order valence-electron chi connectivity index (χ1n) is 7.39. The Morgan fingerprint density at radius 1 is 1.30 bits per heavy atom. The van der Waals surface area contributed by atoms with Gasteiger partial charge in [-0.1, -0.05) is 19.1 Å². The maximum absolute atomic E-state index is 9.00. The van der Waals surface area contributed by atoms with Crippen molar-refractivity contribution >= 4 is 11.0 Å². The lowest BCUT2D eigenvalue weighted by Gasteiger charge is -2.14. The summed E-state index contributed by atoms with van der Waals surface area (Å²) in [5.41, 5.74) is 2.22. The summed E-state index contributed by atoms with van der Waals surface area (Å²) in [6, 6.07) is 8.45. The zero-order valence-electron chi connectivity index (χ0n) is 12.6. The van der Waals surface area contributed by atoms with Gasteiger partial charge in [0, 0.05) is 13.7 Å². The van der Waals surface area contributed by atoms with Gasteiger partial charge in [-0.05, 0) is 44.4 Å². The number of aryl methyl sites for hydroxylation is 1. The Hall–Kier alpha value is -1.39. The third-order valence-electron chi connectivity index (χ3n) is 3.84. The minimum Gasteiger partial charge on any atom is -0.396 e. The summed E-state index contributed by atoms with van der Waals surface area (Å²) in [6.45, 7) is 5.46. The molecule has 0 fully saturated rings. The van der Waals surface area contributed by atoms with Gasteiger partial charge in [-0.25, -0.2) is 4.98 Å². The molecule has 0 aliphatic rings. The van der Waals surface area contributed by atoms with E-state index in [-0.39, 0.29) is 12.6 Å². The number of imidazole rings is 1. The Kier molecular flexibility index (Phi) is 5.15. The average molecular weight is 275 g/mol. The maximum atomic E-state index is 9.00. The summed E-state index contributed by atoms with van der Waals surface area (Å²) in [6.07, 6.45) is 2.13. The van der Waals surface area contributed by atoms with Gasteiger partial charge < -0.3 is 15.0 Å². The molecule has 0 saturated carbocycles. The molecule has 2 rings (SSSR count). The molecular formula is C16H25N3O. The van der Waals surface area contributed by atoms with E-state index >= 15 is 0 Å². The standard InChI is InChI=1S/C16H25N3O/c1-12(11-20)7-6-10-17-13(2)16-18-14-8-4-5-9-15(14)19(16)3/h4-5,8-9,12-13,17,20H,6-7,10-11H2,1-3H3. The third kappa shape index (κ3) is 3.38. The van der Waals surface area contributed by atoms with E-state index in [0.29, 0.717) is 5.92 Å². The van der Waals surface area contributed by atoms with Crippen LogP contribution in [0.3, 0.4) is 0 Å². The van der Waals surface area contributed by atoms with E-state index in [4.69, 9.17) is 10.1 Å². The highest BCUT2D eigenvalue weighted by atomic mass is 16.3. The fourth-order valence-corrected chi connectivity index (χ4v) is 2.50. The topological polar surface area (TPSA) is 50.1 Å². The molecule has 1 aromatic heterocycles. The quantitative estimate of drug-likeness (QED) is 0.764. The second-order valence-corrected chi connectivity index (χ2v) is 5.62. The second-order valence-electron chi connectivity index (χ2n) is 5.62. The summed E-state index contributed by atoms with van der Waals surface area (Å²) in [5, 5.41) is 12.5. The zero-order valence-corrected chi connectivity index (χ0v) is 12.6. The van der Waals surface area contributed by atoms with Gasteiger partial charge in [0.15, 0.2) is 0 Å². The van der Waals surface area contributed by atoms with Crippen LogP contribution in [0.15, 0.2) is 24.3 Å². The molecule has 0 spiro atoms. The van der Waals surface area contributed by atoms with Crippen molar-refractivity contribution in [3.8, 4) is 0 Å². The van der Waals surface area contributed by atoms with Crippen molar-refractivity contribution in [3.63, 3.8) is 0 Å². The Balaban J connectivity index is 1.94. The summed E-state index contributed by atoms with van der Waals surface area (Å²) in [7, 11) is 2.07. The van der Waals surface area contributed by atoms with Crippen molar-refractivity contribution < 1.29 is 5.11 Å². The number of hydrogen-bond acceptors (Lipinski definition) is 3. The Bertz CT molecular complexity index is 550.